The molecule has 9 heteroatoms. The van der Waals surface area contributed by atoms with Crippen LogP contribution in [0, 0.1) is 17.2 Å². The Labute approximate surface area is 141 Å². The van der Waals surface area contributed by atoms with Crippen LogP contribution in [0.25, 0.3) is 0 Å². The van der Waals surface area contributed by atoms with E-state index in [-0.39, 0.29) is 16.4 Å². The Bertz CT molecular complexity index is 751. The van der Waals surface area contributed by atoms with Crippen LogP contribution in [0.3, 0.4) is 0 Å². The fraction of sp³-hybridized carbons (Fsp3) is 0.400. The zero-order valence-corrected chi connectivity index (χ0v) is 14.4. The van der Waals surface area contributed by atoms with Gasteiger partial charge in [-0.15, -0.1) is 0 Å². The molecule has 0 bridgehead atoms. The second kappa shape index (κ2) is 7.90. The number of amides is 2. The van der Waals surface area contributed by atoms with Gasteiger partial charge >= 0.3 is 0 Å². The van der Waals surface area contributed by atoms with E-state index in [1.54, 1.807) is 13.8 Å². The van der Waals surface area contributed by atoms with Gasteiger partial charge in [0, 0.05) is 5.56 Å². The van der Waals surface area contributed by atoms with E-state index in [0.29, 0.717) is 0 Å². The smallest absolute Gasteiger partial charge is 0.248 e. The highest BCUT2D eigenvalue weighted by Crippen LogP contribution is 2.11. The van der Waals surface area contributed by atoms with Crippen LogP contribution in [0.5, 0.6) is 0 Å². The van der Waals surface area contributed by atoms with Crippen molar-refractivity contribution in [2.75, 3.05) is 0 Å². The summed E-state index contributed by atoms with van der Waals surface area (Å²) in [4.78, 5) is 22.9. The minimum atomic E-state index is -3.96. The molecule has 0 aliphatic carbocycles. The van der Waals surface area contributed by atoms with Gasteiger partial charge in [-0.25, -0.2) is 8.42 Å². The maximum absolute atomic E-state index is 12.2. The Morgan fingerprint density at radius 1 is 1.17 bits per heavy atom. The summed E-state index contributed by atoms with van der Waals surface area (Å²) in [5.41, 5.74) is 5.27. The van der Waals surface area contributed by atoms with Crippen LogP contribution in [0.15, 0.2) is 29.2 Å². The number of rotatable bonds is 7. The van der Waals surface area contributed by atoms with Gasteiger partial charge < -0.3 is 11.1 Å². The van der Waals surface area contributed by atoms with Gasteiger partial charge in [-0.1, -0.05) is 13.8 Å². The average Bonchev–Trinajstić information content (AvgIpc) is 2.51. The lowest BCUT2D eigenvalue weighted by Crippen LogP contribution is -2.48. The van der Waals surface area contributed by atoms with Crippen molar-refractivity contribution in [3.8, 4) is 6.07 Å². The number of primary amides is 1. The summed E-state index contributed by atoms with van der Waals surface area (Å²) in [6.07, 6.45) is 0. The Morgan fingerprint density at radius 3 is 2.12 bits per heavy atom. The summed E-state index contributed by atoms with van der Waals surface area (Å²) in [7, 11) is -3.96. The first kappa shape index (κ1) is 19.6. The summed E-state index contributed by atoms with van der Waals surface area (Å²) in [6, 6.07) is 5.18. The highest BCUT2D eigenvalue weighted by molar-refractivity contribution is 7.89. The number of nitrogens with two attached hydrogens (primary N) is 1. The fourth-order valence-electron chi connectivity index (χ4n) is 1.78. The number of hydrogen-bond donors (Lipinski definition) is 3. The predicted octanol–water partition coefficient (Wildman–Crippen LogP) is 0.117. The highest BCUT2D eigenvalue weighted by Gasteiger charge is 2.24. The predicted molar refractivity (Wildman–Crippen MR) is 87.1 cm³/mol. The minimum Gasteiger partial charge on any atom is -0.366 e. The second-order valence-corrected chi connectivity index (χ2v) is 7.30. The summed E-state index contributed by atoms with van der Waals surface area (Å²) in [5, 5.41) is 11.4. The lowest BCUT2D eigenvalue weighted by molar-refractivity contribution is -0.122. The molecular weight excluding hydrogens is 332 g/mol. The zero-order chi connectivity index (χ0) is 18.5. The molecule has 0 unspecified atom stereocenters. The highest BCUT2D eigenvalue weighted by atomic mass is 32.2. The van der Waals surface area contributed by atoms with Gasteiger partial charge in [0.1, 0.15) is 6.04 Å². The van der Waals surface area contributed by atoms with Crippen LogP contribution in [-0.4, -0.2) is 32.3 Å². The Hall–Kier alpha value is -2.44. The summed E-state index contributed by atoms with van der Waals surface area (Å²) in [6.45, 7) is 4.91. The van der Waals surface area contributed by atoms with Gasteiger partial charge in [0.2, 0.25) is 21.8 Å². The molecular formula is C15H20N4O4S. The van der Waals surface area contributed by atoms with Crippen LogP contribution >= 0.6 is 0 Å². The van der Waals surface area contributed by atoms with E-state index in [9.17, 15) is 18.0 Å². The quantitative estimate of drug-likeness (QED) is 0.638. The molecule has 0 aromatic heterocycles. The van der Waals surface area contributed by atoms with Crippen LogP contribution in [0.1, 0.15) is 31.1 Å². The summed E-state index contributed by atoms with van der Waals surface area (Å²) in [5.74, 6) is -1.38. The Balaban J connectivity index is 2.84. The minimum absolute atomic E-state index is 0.104. The first-order valence-corrected chi connectivity index (χ1v) is 8.69. The van der Waals surface area contributed by atoms with Crippen molar-refractivity contribution in [2.24, 2.45) is 11.7 Å². The van der Waals surface area contributed by atoms with Crippen molar-refractivity contribution in [3.05, 3.63) is 29.8 Å². The van der Waals surface area contributed by atoms with E-state index >= 15 is 0 Å². The van der Waals surface area contributed by atoms with Gasteiger partial charge in [0.05, 0.1) is 17.0 Å². The van der Waals surface area contributed by atoms with E-state index in [1.165, 1.54) is 31.2 Å². The van der Waals surface area contributed by atoms with Crippen molar-refractivity contribution in [2.45, 2.75) is 37.8 Å². The number of nitrogens with one attached hydrogen (secondary N) is 2. The van der Waals surface area contributed by atoms with E-state index in [1.807, 2.05) is 6.07 Å². The average molecular weight is 352 g/mol. The molecule has 0 fully saturated rings. The third kappa shape index (κ3) is 5.04. The molecule has 130 valence electrons. The molecule has 0 aliphatic heterocycles. The molecule has 0 saturated carbocycles. The lowest BCUT2D eigenvalue weighted by Gasteiger charge is -2.19. The third-order valence-corrected chi connectivity index (χ3v) is 4.83. The van der Waals surface area contributed by atoms with E-state index in [4.69, 9.17) is 11.0 Å². The zero-order valence-electron chi connectivity index (χ0n) is 13.6. The molecule has 1 aromatic rings. The third-order valence-electron chi connectivity index (χ3n) is 3.28. The normalized spacial score (nSPS) is 13.8. The van der Waals surface area contributed by atoms with Gasteiger partial charge in [-0.2, -0.15) is 9.98 Å². The molecule has 1 aromatic carbocycles. The number of hydrogen-bond acceptors (Lipinski definition) is 5. The van der Waals surface area contributed by atoms with Gasteiger partial charge in [0.25, 0.3) is 0 Å². The van der Waals surface area contributed by atoms with Crippen LogP contribution in [0.2, 0.25) is 0 Å². The van der Waals surface area contributed by atoms with E-state index in [0.717, 1.165) is 0 Å². The number of carbonyl (C=O) groups is 2. The van der Waals surface area contributed by atoms with Crippen molar-refractivity contribution in [1.82, 2.24) is 10.0 Å². The molecule has 0 spiro atoms. The molecule has 8 nitrogen and oxygen atoms in total. The molecule has 24 heavy (non-hydrogen) atoms. The fourth-order valence-corrected chi connectivity index (χ4v) is 2.98. The molecule has 4 N–H and O–H groups in total. The van der Waals surface area contributed by atoms with Gasteiger partial charge in [-0.3, -0.25) is 9.59 Å². The first-order valence-electron chi connectivity index (χ1n) is 7.20. The first-order chi connectivity index (χ1) is 11.1. The van der Waals surface area contributed by atoms with Crippen LogP contribution < -0.4 is 15.8 Å². The maximum atomic E-state index is 12.2. The number of nitriles is 1. The van der Waals surface area contributed by atoms with Crippen LogP contribution in [-0.2, 0) is 14.8 Å². The van der Waals surface area contributed by atoms with Crippen molar-refractivity contribution >= 4 is 21.8 Å². The van der Waals surface area contributed by atoms with Gasteiger partial charge in [-0.05, 0) is 37.1 Å². The SMILES string of the molecule is CC(C)[C@H](C#N)NC(=O)[C@H](C)NS(=O)(=O)c1ccc(C(N)=O)cc1. The van der Waals surface area contributed by atoms with Crippen molar-refractivity contribution < 1.29 is 18.0 Å². The largest absolute Gasteiger partial charge is 0.366 e. The van der Waals surface area contributed by atoms with Crippen molar-refractivity contribution in [1.29, 1.82) is 5.26 Å². The van der Waals surface area contributed by atoms with E-state index < -0.39 is 33.9 Å². The monoisotopic (exact) mass is 352 g/mol. The van der Waals surface area contributed by atoms with E-state index in [2.05, 4.69) is 10.0 Å². The van der Waals surface area contributed by atoms with Crippen LogP contribution in [0.4, 0.5) is 0 Å². The molecule has 0 saturated heterocycles. The second-order valence-electron chi connectivity index (χ2n) is 5.59. The number of carbonyl (C=O) groups excluding carboxylic acids is 2. The molecule has 2 atom stereocenters. The lowest BCUT2D eigenvalue weighted by atomic mass is 10.1. The Kier molecular flexibility index (Phi) is 6.45. The summed E-state index contributed by atoms with van der Waals surface area (Å²) >= 11 is 0. The molecule has 1 rings (SSSR count). The molecule has 2 amide bonds. The molecule has 0 aliphatic rings. The number of benzene rings is 1. The maximum Gasteiger partial charge on any atom is 0.248 e. The standard InChI is InChI=1S/C15H20N4O4S/c1-9(2)13(8-16)18-15(21)10(3)19-24(22,23)12-6-4-11(5-7-12)14(17)20/h4-7,9-10,13,19H,1-3H3,(H2,17,20)(H,18,21)/t10-,13-/m0/s1. The number of sulfonamides is 1. The Morgan fingerprint density at radius 2 is 1.71 bits per heavy atom. The van der Waals surface area contributed by atoms with Gasteiger partial charge in [0.15, 0.2) is 0 Å². The topological polar surface area (TPSA) is 142 Å². The molecule has 0 heterocycles. The number of nitrogens with zero attached hydrogens (tertiary/aromatic N) is 1. The molecule has 0 radical (unpaired) electrons. The van der Waals surface area contributed by atoms with Crippen molar-refractivity contribution in [3.63, 3.8) is 0 Å². The summed E-state index contributed by atoms with van der Waals surface area (Å²) < 4.78 is 26.7.